The quantitative estimate of drug-likeness (QED) is 0.743. The Morgan fingerprint density at radius 1 is 1.45 bits per heavy atom. The molecule has 6 heteroatoms. The summed E-state index contributed by atoms with van der Waals surface area (Å²) in [7, 11) is 0. The van der Waals surface area contributed by atoms with E-state index in [1.54, 1.807) is 0 Å². The van der Waals surface area contributed by atoms with E-state index in [1.807, 2.05) is 26.0 Å². The van der Waals surface area contributed by atoms with Crippen LogP contribution in [0.4, 0.5) is 17.1 Å². The molecule has 0 atom stereocenters. The lowest BCUT2D eigenvalue weighted by Gasteiger charge is -2.10. The van der Waals surface area contributed by atoms with Crippen molar-refractivity contribution < 1.29 is 9.21 Å². The fraction of sp³-hybridized carbons (Fsp3) is 0.286. The van der Waals surface area contributed by atoms with Crippen molar-refractivity contribution in [2.24, 2.45) is 0 Å². The number of anilines is 3. The molecule has 0 aliphatic carbocycles. The van der Waals surface area contributed by atoms with Crippen LogP contribution in [-0.2, 0) is 17.8 Å². The number of hydrogen-bond acceptors (Lipinski definition) is 5. The molecule has 0 bridgehead atoms. The molecule has 0 saturated carbocycles. The van der Waals surface area contributed by atoms with Crippen molar-refractivity contribution in [1.29, 1.82) is 0 Å². The van der Waals surface area contributed by atoms with Crippen LogP contribution in [0.3, 0.4) is 0 Å². The Hall–Kier alpha value is -2.50. The molecule has 0 unspecified atom stereocenters. The molecule has 0 fully saturated rings. The van der Waals surface area contributed by atoms with E-state index in [0.29, 0.717) is 24.5 Å². The highest BCUT2D eigenvalue weighted by molar-refractivity contribution is 6.00. The molecule has 0 spiro atoms. The molecule has 6 nitrogen and oxygen atoms in total. The number of carbonyl (C=O) groups excluding carboxylic acids is 1. The number of rotatable bonds is 3. The minimum Gasteiger partial charge on any atom is -0.444 e. The number of carbonyl (C=O) groups is 1. The van der Waals surface area contributed by atoms with Crippen molar-refractivity contribution in [3.05, 3.63) is 35.0 Å². The summed E-state index contributed by atoms with van der Waals surface area (Å²) in [6, 6.07) is 3.67. The van der Waals surface area contributed by atoms with E-state index in [9.17, 15) is 4.79 Å². The summed E-state index contributed by atoms with van der Waals surface area (Å²) in [6.07, 6.45) is 0.387. The summed E-state index contributed by atoms with van der Waals surface area (Å²) in [4.78, 5) is 15.6. The zero-order chi connectivity index (χ0) is 14.3. The van der Waals surface area contributed by atoms with Gasteiger partial charge in [0.2, 0.25) is 11.8 Å². The van der Waals surface area contributed by atoms with Gasteiger partial charge in [-0.1, -0.05) is 0 Å². The van der Waals surface area contributed by atoms with Crippen LogP contribution in [0, 0.1) is 13.8 Å². The number of fused-ring (bicyclic) bond motifs is 1. The molecule has 0 radical (unpaired) electrons. The van der Waals surface area contributed by atoms with Crippen molar-refractivity contribution in [2.45, 2.75) is 26.8 Å². The number of nitrogen functional groups attached to an aromatic ring is 1. The van der Waals surface area contributed by atoms with Crippen LogP contribution >= 0.6 is 0 Å². The molecule has 1 aliphatic rings. The van der Waals surface area contributed by atoms with Gasteiger partial charge in [-0.25, -0.2) is 4.98 Å². The lowest BCUT2D eigenvalue weighted by atomic mass is 10.1. The highest BCUT2D eigenvalue weighted by Crippen LogP contribution is 2.31. The Morgan fingerprint density at radius 2 is 2.25 bits per heavy atom. The molecule has 1 aliphatic heterocycles. The second-order valence-electron chi connectivity index (χ2n) is 4.92. The van der Waals surface area contributed by atoms with Gasteiger partial charge in [-0.3, -0.25) is 4.79 Å². The topological polar surface area (TPSA) is 93.2 Å². The average molecular weight is 272 g/mol. The van der Waals surface area contributed by atoms with E-state index in [4.69, 9.17) is 10.2 Å². The summed E-state index contributed by atoms with van der Waals surface area (Å²) in [5, 5.41) is 5.98. The lowest BCUT2D eigenvalue weighted by Crippen LogP contribution is -2.04. The number of oxazole rings is 1. The number of hydrogen-bond donors (Lipinski definition) is 3. The van der Waals surface area contributed by atoms with E-state index < -0.39 is 0 Å². The van der Waals surface area contributed by atoms with Gasteiger partial charge in [0.25, 0.3) is 0 Å². The fourth-order valence-electron chi connectivity index (χ4n) is 2.23. The van der Waals surface area contributed by atoms with Crippen LogP contribution < -0.4 is 16.4 Å². The van der Waals surface area contributed by atoms with Gasteiger partial charge >= 0.3 is 0 Å². The van der Waals surface area contributed by atoms with E-state index >= 15 is 0 Å². The van der Waals surface area contributed by atoms with Gasteiger partial charge in [-0.2, -0.15) is 0 Å². The maximum Gasteiger partial charge on any atom is 0.228 e. The zero-order valence-corrected chi connectivity index (χ0v) is 11.4. The fourth-order valence-corrected chi connectivity index (χ4v) is 2.23. The minimum absolute atomic E-state index is 0.00417. The van der Waals surface area contributed by atoms with Crippen LogP contribution in [0.15, 0.2) is 16.5 Å². The van der Waals surface area contributed by atoms with E-state index in [0.717, 1.165) is 28.4 Å². The van der Waals surface area contributed by atoms with Crippen molar-refractivity contribution in [2.75, 3.05) is 16.4 Å². The number of amides is 1. The monoisotopic (exact) mass is 272 g/mol. The van der Waals surface area contributed by atoms with Crippen LogP contribution in [0.5, 0.6) is 0 Å². The molecular weight excluding hydrogens is 256 g/mol. The van der Waals surface area contributed by atoms with Gasteiger partial charge < -0.3 is 20.8 Å². The number of benzene rings is 1. The van der Waals surface area contributed by atoms with Crippen molar-refractivity contribution in [3.63, 3.8) is 0 Å². The van der Waals surface area contributed by atoms with Gasteiger partial charge in [0.15, 0.2) is 0 Å². The maximum atomic E-state index is 11.3. The van der Waals surface area contributed by atoms with E-state index in [-0.39, 0.29) is 5.91 Å². The maximum absolute atomic E-state index is 11.3. The first kappa shape index (κ1) is 12.5. The predicted molar refractivity (Wildman–Crippen MR) is 76.5 cm³/mol. The number of aryl methyl sites for hydroxylation is 2. The normalized spacial score (nSPS) is 13.2. The molecule has 1 aromatic carbocycles. The van der Waals surface area contributed by atoms with Gasteiger partial charge in [0.1, 0.15) is 5.76 Å². The Bertz CT molecular complexity index is 671. The highest BCUT2D eigenvalue weighted by Gasteiger charge is 2.19. The molecule has 4 N–H and O–H groups in total. The molecule has 3 rings (SSSR count). The van der Waals surface area contributed by atoms with Gasteiger partial charge in [0, 0.05) is 5.69 Å². The zero-order valence-electron chi connectivity index (χ0n) is 11.4. The average Bonchev–Trinajstić information content (AvgIpc) is 2.89. The highest BCUT2D eigenvalue weighted by atomic mass is 16.4. The summed E-state index contributed by atoms with van der Waals surface area (Å²) >= 11 is 0. The standard InChI is InChI=1S/C14H16N4O2/c1-7-8(2)20-14(17-7)6-16-12-5-11-9(3-10(12)15)4-13(19)18-11/h3,5,16H,4,6,15H2,1-2H3,(H,18,19). The molecule has 1 aromatic heterocycles. The molecule has 2 aromatic rings. The molecule has 0 saturated heterocycles. The van der Waals surface area contributed by atoms with Crippen LogP contribution in [0.2, 0.25) is 0 Å². The lowest BCUT2D eigenvalue weighted by molar-refractivity contribution is -0.115. The van der Waals surface area contributed by atoms with Crippen molar-refractivity contribution >= 4 is 23.0 Å². The van der Waals surface area contributed by atoms with Gasteiger partial charge in [0.05, 0.1) is 30.0 Å². The smallest absolute Gasteiger partial charge is 0.228 e. The summed E-state index contributed by atoms with van der Waals surface area (Å²) in [6.45, 7) is 4.23. The van der Waals surface area contributed by atoms with Crippen molar-refractivity contribution in [1.82, 2.24) is 4.98 Å². The first-order valence-electron chi connectivity index (χ1n) is 6.42. The minimum atomic E-state index is -0.00417. The van der Waals surface area contributed by atoms with Gasteiger partial charge in [-0.05, 0) is 31.5 Å². The van der Waals surface area contributed by atoms with E-state index in [1.165, 1.54) is 0 Å². The van der Waals surface area contributed by atoms with Crippen molar-refractivity contribution in [3.8, 4) is 0 Å². The Morgan fingerprint density at radius 3 is 2.95 bits per heavy atom. The largest absolute Gasteiger partial charge is 0.444 e. The Balaban J connectivity index is 1.78. The Kier molecular flexibility index (Phi) is 2.85. The second kappa shape index (κ2) is 4.56. The summed E-state index contributed by atoms with van der Waals surface area (Å²) < 4.78 is 5.50. The SMILES string of the molecule is Cc1nc(CNc2cc3c(cc2N)CC(=O)N3)oc1C. The second-order valence-corrected chi connectivity index (χ2v) is 4.92. The summed E-state index contributed by atoms with van der Waals surface area (Å²) in [5.74, 6) is 1.43. The van der Waals surface area contributed by atoms with Crippen LogP contribution in [0.25, 0.3) is 0 Å². The van der Waals surface area contributed by atoms with Crippen LogP contribution in [-0.4, -0.2) is 10.9 Å². The van der Waals surface area contributed by atoms with E-state index in [2.05, 4.69) is 15.6 Å². The molecule has 104 valence electrons. The first-order valence-corrected chi connectivity index (χ1v) is 6.42. The molecule has 2 heterocycles. The molecule has 20 heavy (non-hydrogen) atoms. The molecule has 1 amide bonds. The summed E-state index contributed by atoms with van der Waals surface area (Å²) in [5.41, 5.74) is 9.99. The number of nitrogens with one attached hydrogen (secondary N) is 2. The predicted octanol–water partition coefficient (Wildman–Crippen LogP) is 1.98. The Labute approximate surface area is 116 Å². The third kappa shape index (κ3) is 2.20. The van der Waals surface area contributed by atoms with Gasteiger partial charge in [-0.15, -0.1) is 0 Å². The van der Waals surface area contributed by atoms with Crippen LogP contribution in [0.1, 0.15) is 22.9 Å². The molecular formula is C14H16N4O2. The third-order valence-electron chi connectivity index (χ3n) is 3.40. The third-order valence-corrected chi connectivity index (χ3v) is 3.40. The number of nitrogens with zero attached hydrogens (tertiary/aromatic N) is 1. The number of aromatic nitrogens is 1. The first-order chi connectivity index (χ1) is 9.52. The number of nitrogens with two attached hydrogens (primary N) is 1.